The van der Waals surface area contributed by atoms with Gasteiger partial charge in [-0.1, -0.05) is 43.5 Å². The maximum absolute atomic E-state index is 14.6. The second kappa shape index (κ2) is 13.7. The Balaban J connectivity index is 1.53. The summed E-state index contributed by atoms with van der Waals surface area (Å²) in [5, 5.41) is 9.30. The Labute approximate surface area is 279 Å². The van der Waals surface area contributed by atoms with E-state index in [9.17, 15) is 53.8 Å². The Kier molecular flexibility index (Phi) is 10.3. The highest BCUT2D eigenvalue weighted by molar-refractivity contribution is 7.92. The molecule has 2 aliphatic heterocycles. The number of rotatable bonds is 8. The van der Waals surface area contributed by atoms with Gasteiger partial charge >= 0.3 is 24.4 Å². The zero-order valence-electron chi connectivity index (χ0n) is 26.4. The van der Waals surface area contributed by atoms with E-state index in [1.807, 2.05) is 0 Å². The number of halogens is 7. The molecule has 1 aliphatic carbocycles. The van der Waals surface area contributed by atoms with Crippen molar-refractivity contribution in [3.63, 3.8) is 0 Å². The molecule has 1 saturated carbocycles. The van der Waals surface area contributed by atoms with Crippen LogP contribution in [0.4, 0.5) is 35.5 Å². The van der Waals surface area contributed by atoms with Crippen LogP contribution in [-0.4, -0.2) is 80.5 Å². The zero-order valence-corrected chi connectivity index (χ0v) is 27.2. The molecule has 2 amide bonds. The number of carbonyl (C=O) groups excluding carboxylic acids is 1. The van der Waals surface area contributed by atoms with Gasteiger partial charge in [-0.25, -0.2) is 17.6 Å². The summed E-state index contributed by atoms with van der Waals surface area (Å²) < 4.78 is 133. The predicted molar refractivity (Wildman–Crippen MR) is 162 cm³/mol. The minimum Gasteiger partial charge on any atom is -0.481 e. The van der Waals surface area contributed by atoms with E-state index in [0.29, 0.717) is 37.8 Å². The quantitative estimate of drug-likeness (QED) is 0.232. The number of aliphatic carboxylic acids is 1. The molecular weight excluding hydrogens is 685 g/mol. The number of amides is 2. The van der Waals surface area contributed by atoms with Crippen molar-refractivity contribution in [2.75, 3.05) is 32.8 Å². The molecule has 0 bridgehead atoms. The molecule has 2 saturated heterocycles. The first kappa shape index (κ1) is 36.9. The van der Waals surface area contributed by atoms with Gasteiger partial charge in [0.1, 0.15) is 10.6 Å². The van der Waals surface area contributed by atoms with Crippen LogP contribution in [0.1, 0.15) is 62.5 Å². The van der Waals surface area contributed by atoms with Crippen molar-refractivity contribution in [2.45, 2.75) is 79.0 Å². The molecule has 1 N–H and O–H groups in total. The van der Waals surface area contributed by atoms with E-state index in [4.69, 9.17) is 4.74 Å². The number of ether oxygens (including phenoxy) is 1. The van der Waals surface area contributed by atoms with Crippen LogP contribution in [0.2, 0.25) is 0 Å². The smallest absolute Gasteiger partial charge is 0.430 e. The van der Waals surface area contributed by atoms with Gasteiger partial charge in [-0.15, -0.1) is 0 Å². The van der Waals surface area contributed by atoms with E-state index in [1.165, 1.54) is 9.80 Å². The lowest BCUT2D eigenvalue weighted by Gasteiger charge is -2.39. The average Bonchev–Trinajstić information content (AvgIpc) is 3.52. The van der Waals surface area contributed by atoms with Crippen LogP contribution in [0, 0.1) is 17.7 Å². The number of nitrogens with zero attached hydrogens (tertiary/aromatic N) is 2. The topological polar surface area (TPSA) is 104 Å². The molecule has 2 heterocycles. The minimum absolute atomic E-state index is 0.0938. The number of urea groups is 1. The Morgan fingerprint density at radius 3 is 1.92 bits per heavy atom. The molecule has 270 valence electrons. The van der Waals surface area contributed by atoms with Crippen molar-refractivity contribution in [1.82, 2.24) is 9.80 Å². The van der Waals surface area contributed by atoms with Crippen LogP contribution < -0.4 is 0 Å². The van der Waals surface area contributed by atoms with Gasteiger partial charge in [0.2, 0.25) is 0 Å². The minimum atomic E-state index is -5.93. The molecule has 5 rings (SSSR count). The van der Waals surface area contributed by atoms with E-state index in [-0.39, 0.29) is 49.4 Å². The maximum Gasteiger partial charge on any atom is 0.430 e. The van der Waals surface area contributed by atoms with Crippen molar-refractivity contribution in [2.24, 2.45) is 11.8 Å². The standard InChI is InChI=1S/C33H37F7N2O6S/c34-26-10-12-27(13-11-26)49(46,47)30(16-19-42(21-30)29(45)41-17-14-23(15-18-41)28(43)44)24-6-8-25(9-7-24)31(32(35,36)37,33(38,39)40)48-20-22-4-2-1-3-5-22/h6-13,22-23H,1-5,14-21H2,(H,43,44). The van der Waals surface area contributed by atoms with Crippen LogP contribution in [-0.2, 0) is 29.7 Å². The number of hydrogen-bond donors (Lipinski definition) is 1. The van der Waals surface area contributed by atoms with Crippen LogP contribution in [0.5, 0.6) is 0 Å². The molecule has 1 unspecified atom stereocenters. The van der Waals surface area contributed by atoms with Gasteiger partial charge in [-0.05, 0) is 67.9 Å². The van der Waals surface area contributed by atoms with E-state index in [2.05, 4.69) is 0 Å². The van der Waals surface area contributed by atoms with Gasteiger partial charge in [0, 0.05) is 31.7 Å². The third-order valence-electron chi connectivity index (χ3n) is 10.1. The molecule has 8 nitrogen and oxygen atoms in total. The molecule has 1 atom stereocenters. The summed E-state index contributed by atoms with van der Waals surface area (Å²) in [6.07, 6.45) is -8.74. The van der Waals surface area contributed by atoms with Crippen LogP contribution in [0.3, 0.4) is 0 Å². The highest BCUT2D eigenvalue weighted by Gasteiger charge is 2.73. The first-order valence-corrected chi connectivity index (χ1v) is 17.6. The fraction of sp³-hybridized carbons (Fsp3) is 0.576. The molecule has 16 heteroatoms. The highest BCUT2D eigenvalue weighted by Crippen LogP contribution is 2.54. The molecule has 0 spiro atoms. The normalized spacial score (nSPS) is 22.0. The van der Waals surface area contributed by atoms with Crippen molar-refractivity contribution in [3.8, 4) is 0 Å². The fourth-order valence-corrected chi connectivity index (χ4v) is 9.33. The maximum atomic E-state index is 14.6. The van der Waals surface area contributed by atoms with Crippen LogP contribution >= 0.6 is 0 Å². The number of benzene rings is 2. The average molecular weight is 723 g/mol. The molecule has 2 aromatic carbocycles. The van der Waals surface area contributed by atoms with Gasteiger partial charge < -0.3 is 19.6 Å². The number of carbonyl (C=O) groups is 2. The molecule has 0 aromatic heterocycles. The zero-order chi connectivity index (χ0) is 35.8. The number of alkyl halides is 6. The molecule has 0 radical (unpaired) electrons. The first-order valence-electron chi connectivity index (χ1n) is 16.1. The van der Waals surface area contributed by atoms with Gasteiger partial charge in [0.25, 0.3) is 5.60 Å². The lowest BCUT2D eigenvalue weighted by molar-refractivity contribution is -0.391. The SMILES string of the molecule is O=C(O)C1CCN(C(=O)N2CCC(c3ccc(C(OCC4CCCCC4)(C(F)(F)F)C(F)(F)F)cc3)(S(=O)(=O)c3ccc(F)cc3)C2)CC1. The number of hydrogen-bond acceptors (Lipinski definition) is 5. The number of carboxylic acid groups (broad SMARTS) is 1. The van der Waals surface area contributed by atoms with Gasteiger partial charge in [0.15, 0.2) is 9.84 Å². The third kappa shape index (κ3) is 6.86. The van der Waals surface area contributed by atoms with Crippen molar-refractivity contribution >= 4 is 21.8 Å². The number of sulfone groups is 1. The van der Waals surface area contributed by atoms with Crippen molar-refractivity contribution < 1.29 is 58.6 Å². The van der Waals surface area contributed by atoms with Gasteiger partial charge in [-0.3, -0.25) is 4.79 Å². The molecular formula is C33H37F7N2O6S. The van der Waals surface area contributed by atoms with E-state index < -0.39 is 80.9 Å². The first-order chi connectivity index (χ1) is 22.9. The highest BCUT2D eigenvalue weighted by atomic mass is 32.2. The lowest BCUT2D eigenvalue weighted by atomic mass is 9.87. The van der Waals surface area contributed by atoms with Gasteiger partial charge in [0.05, 0.1) is 17.4 Å². The van der Waals surface area contributed by atoms with Crippen LogP contribution in [0.25, 0.3) is 0 Å². The van der Waals surface area contributed by atoms with Crippen molar-refractivity contribution in [1.29, 1.82) is 0 Å². The molecule has 3 fully saturated rings. The van der Waals surface area contributed by atoms with E-state index in [1.54, 1.807) is 0 Å². The number of carboxylic acids is 1. The summed E-state index contributed by atoms with van der Waals surface area (Å²) >= 11 is 0. The summed E-state index contributed by atoms with van der Waals surface area (Å²) in [5.74, 6) is -2.88. The molecule has 2 aromatic rings. The van der Waals surface area contributed by atoms with E-state index >= 15 is 0 Å². The third-order valence-corrected chi connectivity index (χ3v) is 12.6. The summed E-state index contributed by atoms with van der Waals surface area (Å²) in [6, 6.07) is 6.13. The number of piperidine rings is 1. The Morgan fingerprint density at radius 1 is 0.816 bits per heavy atom. The van der Waals surface area contributed by atoms with Crippen LogP contribution in [0.15, 0.2) is 53.4 Å². The van der Waals surface area contributed by atoms with Gasteiger partial charge in [-0.2, -0.15) is 26.3 Å². The summed E-state index contributed by atoms with van der Waals surface area (Å²) in [6.45, 7) is -1.23. The fourth-order valence-electron chi connectivity index (χ4n) is 7.25. The molecule has 3 aliphatic rings. The summed E-state index contributed by atoms with van der Waals surface area (Å²) in [7, 11) is -4.55. The summed E-state index contributed by atoms with van der Waals surface area (Å²) in [5.41, 5.74) is -6.11. The predicted octanol–water partition coefficient (Wildman–Crippen LogP) is 7.03. The Bertz CT molecular complexity index is 1590. The monoisotopic (exact) mass is 722 g/mol. The Hall–Kier alpha value is -3.40. The Morgan fingerprint density at radius 2 is 1.39 bits per heavy atom. The van der Waals surface area contributed by atoms with E-state index in [0.717, 1.165) is 42.8 Å². The summed E-state index contributed by atoms with van der Waals surface area (Å²) in [4.78, 5) is 27.1. The molecule has 49 heavy (non-hydrogen) atoms. The number of likely N-dealkylation sites (tertiary alicyclic amines) is 2. The second-order valence-electron chi connectivity index (χ2n) is 13.1. The second-order valence-corrected chi connectivity index (χ2v) is 15.3. The van der Waals surface area contributed by atoms with Crippen molar-refractivity contribution in [3.05, 3.63) is 65.5 Å². The lowest BCUT2D eigenvalue weighted by Crippen LogP contribution is -2.56. The largest absolute Gasteiger partial charge is 0.481 e.